The summed E-state index contributed by atoms with van der Waals surface area (Å²) in [4.78, 5) is 15.9. The van der Waals surface area contributed by atoms with Crippen molar-refractivity contribution < 1.29 is 22.7 Å². The van der Waals surface area contributed by atoms with E-state index in [1.165, 1.54) is 42.0 Å². The van der Waals surface area contributed by atoms with Crippen LogP contribution in [0.4, 0.5) is 5.69 Å². The van der Waals surface area contributed by atoms with E-state index in [-0.39, 0.29) is 17.3 Å². The Morgan fingerprint density at radius 3 is 2.45 bits per heavy atom. The van der Waals surface area contributed by atoms with Gasteiger partial charge in [-0.3, -0.25) is 14.0 Å². The van der Waals surface area contributed by atoms with Crippen LogP contribution in [0, 0.1) is 6.92 Å². The minimum atomic E-state index is -3.95. The third-order valence-corrected chi connectivity index (χ3v) is 8.88. The second kappa shape index (κ2) is 11.0. The number of rotatable bonds is 8. The maximum Gasteiger partial charge on any atom is 0.264 e. The third-order valence-electron chi connectivity index (χ3n) is 7.09. The molecule has 0 aromatic heterocycles. The first-order valence-electron chi connectivity index (χ1n) is 12.9. The van der Waals surface area contributed by atoms with E-state index in [4.69, 9.17) is 9.47 Å². The van der Waals surface area contributed by atoms with Gasteiger partial charge >= 0.3 is 0 Å². The highest BCUT2D eigenvalue weighted by atomic mass is 32.2. The lowest BCUT2D eigenvalue weighted by Gasteiger charge is -2.35. The van der Waals surface area contributed by atoms with Crippen molar-refractivity contribution in [1.82, 2.24) is 10.2 Å². The summed E-state index contributed by atoms with van der Waals surface area (Å²) in [5.74, 6) is 0.565. The molecule has 1 atom stereocenters. The zero-order chi connectivity index (χ0) is 26.7. The zero-order valence-corrected chi connectivity index (χ0v) is 22.5. The highest BCUT2D eigenvalue weighted by Crippen LogP contribution is 2.38. The standard InChI is InChI=1S/C29H33N3O5S/c1-21-9-14-26-27(17-21)37-28(20-32(26)38(34,35)25-12-10-24(36-2)11-13-25)29(33)30-18-22-7-3-4-8-23(22)19-31-15-5-6-16-31/h3-4,7-14,17,28H,5-6,15-16,18-20H2,1-2H3,(H,30,33)/t28-/m0/s1. The number of hydrogen-bond acceptors (Lipinski definition) is 6. The molecule has 0 saturated carbocycles. The van der Waals surface area contributed by atoms with Gasteiger partial charge in [-0.2, -0.15) is 0 Å². The number of nitrogens with one attached hydrogen (secondary N) is 1. The van der Waals surface area contributed by atoms with Crippen LogP contribution in [0.25, 0.3) is 0 Å². The average molecular weight is 536 g/mol. The molecule has 2 aliphatic rings. The summed E-state index contributed by atoms with van der Waals surface area (Å²) in [6, 6.07) is 19.6. The predicted molar refractivity (Wildman–Crippen MR) is 146 cm³/mol. The molecule has 0 bridgehead atoms. The van der Waals surface area contributed by atoms with Gasteiger partial charge in [0.05, 0.1) is 24.2 Å². The molecule has 0 spiro atoms. The van der Waals surface area contributed by atoms with Gasteiger partial charge in [-0.25, -0.2) is 8.42 Å². The Hall–Kier alpha value is -3.56. The van der Waals surface area contributed by atoms with E-state index in [1.54, 1.807) is 24.3 Å². The molecule has 0 aliphatic carbocycles. The minimum Gasteiger partial charge on any atom is -0.497 e. The molecule has 1 saturated heterocycles. The molecular weight excluding hydrogens is 502 g/mol. The molecule has 9 heteroatoms. The Morgan fingerprint density at radius 2 is 1.74 bits per heavy atom. The number of anilines is 1. The second-order valence-electron chi connectivity index (χ2n) is 9.76. The van der Waals surface area contributed by atoms with Gasteiger partial charge in [0.1, 0.15) is 11.5 Å². The molecule has 1 amide bonds. The van der Waals surface area contributed by atoms with Gasteiger partial charge in [0.15, 0.2) is 6.10 Å². The highest BCUT2D eigenvalue weighted by molar-refractivity contribution is 7.92. The number of amides is 1. The molecule has 38 heavy (non-hydrogen) atoms. The minimum absolute atomic E-state index is 0.113. The van der Waals surface area contributed by atoms with Crippen molar-refractivity contribution in [3.05, 3.63) is 83.4 Å². The van der Waals surface area contributed by atoms with E-state index >= 15 is 0 Å². The van der Waals surface area contributed by atoms with Crippen molar-refractivity contribution in [2.24, 2.45) is 0 Å². The molecule has 5 rings (SSSR count). The van der Waals surface area contributed by atoms with Gasteiger partial charge in [-0.05, 0) is 85.9 Å². The lowest BCUT2D eigenvalue weighted by Crippen LogP contribution is -2.50. The lowest BCUT2D eigenvalue weighted by molar-refractivity contribution is -0.127. The molecule has 0 radical (unpaired) electrons. The number of benzene rings is 3. The van der Waals surface area contributed by atoms with Crippen LogP contribution in [-0.4, -0.2) is 52.1 Å². The number of likely N-dealkylation sites (tertiary alicyclic amines) is 1. The van der Waals surface area contributed by atoms with E-state index in [0.29, 0.717) is 23.7 Å². The number of hydrogen-bond donors (Lipinski definition) is 1. The van der Waals surface area contributed by atoms with Crippen molar-refractivity contribution in [2.75, 3.05) is 31.0 Å². The number of carbonyl (C=O) groups excluding carboxylic acids is 1. The first kappa shape index (κ1) is 26.1. The van der Waals surface area contributed by atoms with Crippen LogP contribution in [0.1, 0.15) is 29.5 Å². The predicted octanol–water partition coefficient (Wildman–Crippen LogP) is 3.87. The average Bonchev–Trinajstić information content (AvgIpc) is 3.44. The summed E-state index contributed by atoms with van der Waals surface area (Å²) in [5, 5.41) is 2.99. The van der Waals surface area contributed by atoms with Crippen LogP contribution in [-0.2, 0) is 27.9 Å². The first-order chi connectivity index (χ1) is 18.3. The summed E-state index contributed by atoms with van der Waals surface area (Å²) in [6.07, 6.45) is 1.44. The van der Waals surface area contributed by atoms with Gasteiger partial charge in [0.2, 0.25) is 0 Å². The monoisotopic (exact) mass is 535 g/mol. The molecule has 2 aliphatic heterocycles. The Bertz CT molecular complexity index is 1400. The van der Waals surface area contributed by atoms with Crippen LogP contribution >= 0.6 is 0 Å². The molecule has 1 N–H and O–H groups in total. The highest BCUT2D eigenvalue weighted by Gasteiger charge is 2.37. The van der Waals surface area contributed by atoms with E-state index < -0.39 is 16.1 Å². The van der Waals surface area contributed by atoms with Gasteiger partial charge in [0, 0.05) is 13.1 Å². The second-order valence-corrected chi connectivity index (χ2v) is 11.6. The van der Waals surface area contributed by atoms with Gasteiger partial charge < -0.3 is 14.8 Å². The zero-order valence-electron chi connectivity index (χ0n) is 21.7. The smallest absolute Gasteiger partial charge is 0.264 e. The van der Waals surface area contributed by atoms with Crippen molar-refractivity contribution >= 4 is 21.6 Å². The molecule has 3 aromatic carbocycles. The van der Waals surface area contributed by atoms with Crippen molar-refractivity contribution in [3.63, 3.8) is 0 Å². The topological polar surface area (TPSA) is 88.2 Å². The number of ether oxygens (including phenoxy) is 2. The molecular formula is C29H33N3O5S. The van der Waals surface area contributed by atoms with Gasteiger partial charge in [0.25, 0.3) is 15.9 Å². The number of aryl methyl sites for hydroxylation is 1. The molecule has 0 unspecified atom stereocenters. The van der Waals surface area contributed by atoms with Gasteiger partial charge in [-0.15, -0.1) is 0 Å². The fourth-order valence-corrected chi connectivity index (χ4v) is 6.44. The Kier molecular flexibility index (Phi) is 7.58. The quantitative estimate of drug-likeness (QED) is 0.471. The molecule has 2 heterocycles. The largest absolute Gasteiger partial charge is 0.497 e. The molecule has 3 aromatic rings. The fraction of sp³-hybridized carbons (Fsp3) is 0.345. The van der Waals surface area contributed by atoms with E-state index in [2.05, 4.69) is 16.3 Å². The number of fused-ring (bicyclic) bond motifs is 1. The summed E-state index contributed by atoms with van der Waals surface area (Å²) >= 11 is 0. The van der Waals surface area contributed by atoms with Crippen LogP contribution in [0.5, 0.6) is 11.5 Å². The maximum absolute atomic E-state index is 13.7. The van der Waals surface area contributed by atoms with E-state index in [9.17, 15) is 13.2 Å². The summed E-state index contributed by atoms with van der Waals surface area (Å²) < 4.78 is 39.9. The molecule has 1 fully saturated rings. The Morgan fingerprint density at radius 1 is 1.03 bits per heavy atom. The van der Waals surface area contributed by atoms with E-state index in [1.807, 2.05) is 31.2 Å². The van der Waals surface area contributed by atoms with Crippen molar-refractivity contribution in [1.29, 1.82) is 0 Å². The Labute approximate surface area is 224 Å². The summed E-state index contributed by atoms with van der Waals surface area (Å²) in [5.41, 5.74) is 3.54. The van der Waals surface area contributed by atoms with E-state index in [0.717, 1.165) is 30.8 Å². The number of carbonyl (C=O) groups is 1. The molecule has 200 valence electrons. The first-order valence-corrected chi connectivity index (χ1v) is 14.3. The summed E-state index contributed by atoms with van der Waals surface area (Å²) in [7, 11) is -2.43. The number of methoxy groups -OCH3 is 1. The van der Waals surface area contributed by atoms with Crippen LogP contribution in [0.15, 0.2) is 71.6 Å². The van der Waals surface area contributed by atoms with Crippen molar-refractivity contribution in [2.45, 2.75) is 43.9 Å². The number of nitrogens with zero attached hydrogens (tertiary/aromatic N) is 2. The van der Waals surface area contributed by atoms with Crippen LogP contribution in [0.2, 0.25) is 0 Å². The number of sulfonamides is 1. The Balaban J connectivity index is 1.36. The van der Waals surface area contributed by atoms with Crippen LogP contribution < -0.4 is 19.1 Å². The fourth-order valence-electron chi connectivity index (χ4n) is 4.96. The maximum atomic E-state index is 13.7. The third kappa shape index (κ3) is 5.49. The van der Waals surface area contributed by atoms with Gasteiger partial charge in [-0.1, -0.05) is 30.3 Å². The van der Waals surface area contributed by atoms with Crippen molar-refractivity contribution in [3.8, 4) is 11.5 Å². The normalized spacial score (nSPS) is 17.5. The summed E-state index contributed by atoms with van der Waals surface area (Å²) in [6.45, 7) is 5.14. The molecule has 8 nitrogen and oxygen atoms in total. The SMILES string of the molecule is COc1ccc(S(=O)(=O)N2C[C@@H](C(=O)NCc3ccccc3CN3CCCC3)Oc3cc(C)ccc32)cc1. The lowest BCUT2D eigenvalue weighted by atomic mass is 10.1. The van der Waals surface area contributed by atoms with Crippen LogP contribution in [0.3, 0.4) is 0 Å².